The molecule has 1 aromatic heterocycles. The minimum atomic E-state index is -0.977. The molecule has 15 nitrogen and oxygen atoms in total. The van der Waals surface area contributed by atoms with E-state index in [-0.39, 0.29) is 36.3 Å². The molecule has 0 radical (unpaired) electrons. The van der Waals surface area contributed by atoms with Crippen LogP contribution in [0.15, 0.2) is 48.5 Å². The second kappa shape index (κ2) is 15.3. The maximum absolute atomic E-state index is 13.3. The number of amides is 5. The number of aromatic nitrogens is 2. The van der Waals surface area contributed by atoms with Crippen molar-refractivity contribution >= 4 is 58.5 Å². The molecule has 4 fully saturated rings. The average Bonchev–Trinajstić information content (AvgIpc) is 3.42. The standard InChI is InChI=1S/C39H40ClN9O6/c40-31-20-27(3-1-24(31)21-41)55-28-17-25(18-28)36(51)42-33-6-7-34(45-44-33)48-11-9-23(10-12-48)22-46-13-15-47(16-14-46)26-2-4-29-30(19-26)39(54)49(38(29)53)32-5-8-35(50)43-37(32)52/h1-4,6-7,19-20,23,25,28,32H,5,8-18,22H2,(H,42,44,51)(H,43,50,52). The lowest BCUT2D eigenvalue weighted by Crippen LogP contribution is -2.54. The molecule has 5 amide bonds. The van der Waals surface area contributed by atoms with Gasteiger partial charge in [0.1, 0.15) is 24.0 Å². The minimum absolute atomic E-state index is 0.0878. The van der Waals surface area contributed by atoms with Crippen molar-refractivity contribution in [1.29, 1.82) is 5.26 Å². The summed E-state index contributed by atoms with van der Waals surface area (Å²) in [5.74, 6) is 0.0500. The number of carbonyl (C=O) groups is 5. The van der Waals surface area contributed by atoms with Gasteiger partial charge in [0.25, 0.3) is 11.8 Å². The summed E-state index contributed by atoms with van der Waals surface area (Å²) in [4.78, 5) is 71.1. The monoisotopic (exact) mass is 765 g/mol. The number of hydrogen-bond donors (Lipinski definition) is 2. The van der Waals surface area contributed by atoms with Gasteiger partial charge in [-0.1, -0.05) is 11.6 Å². The lowest BCUT2D eigenvalue weighted by molar-refractivity contribution is -0.136. The molecule has 3 saturated heterocycles. The number of halogens is 1. The molecule has 1 atom stereocenters. The van der Waals surface area contributed by atoms with Crippen LogP contribution in [0.2, 0.25) is 5.02 Å². The molecule has 2 aromatic carbocycles. The van der Waals surface area contributed by atoms with Crippen LogP contribution in [-0.4, -0.2) is 107 Å². The Bertz CT molecular complexity index is 2070. The van der Waals surface area contributed by atoms with E-state index in [0.29, 0.717) is 46.5 Å². The number of nitriles is 1. The van der Waals surface area contributed by atoms with Crippen molar-refractivity contribution in [3.63, 3.8) is 0 Å². The van der Waals surface area contributed by atoms with Crippen LogP contribution < -0.4 is 25.2 Å². The maximum atomic E-state index is 13.3. The Labute approximate surface area is 322 Å². The van der Waals surface area contributed by atoms with Crippen molar-refractivity contribution in [2.45, 2.75) is 50.7 Å². The maximum Gasteiger partial charge on any atom is 0.262 e. The van der Waals surface area contributed by atoms with Crippen molar-refractivity contribution in [2.75, 3.05) is 60.9 Å². The number of benzene rings is 2. The van der Waals surface area contributed by atoms with Gasteiger partial charge in [-0.25, -0.2) is 0 Å². The van der Waals surface area contributed by atoms with E-state index in [9.17, 15) is 24.0 Å². The zero-order valence-corrected chi connectivity index (χ0v) is 30.8. The normalized spacial score (nSPS) is 23.2. The van der Waals surface area contributed by atoms with Crippen LogP contribution in [0.5, 0.6) is 5.75 Å². The first-order valence-corrected chi connectivity index (χ1v) is 19.1. The Kier molecular flexibility index (Phi) is 10.1. The van der Waals surface area contributed by atoms with Crippen LogP contribution in [0.25, 0.3) is 0 Å². The number of piperidine rings is 2. The Morgan fingerprint density at radius 2 is 1.65 bits per heavy atom. The number of nitrogens with zero attached hydrogens (tertiary/aromatic N) is 7. The second-order valence-electron chi connectivity index (χ2n) is 14.8. The van der Waals surface area contributed by atoms with Crippen molar-refractivity contribution in [1.82, 2.24) is 25.3 Å². The fraction of sp³-hybridized carbons (Fsp3) is 0.436. The van der Waals surface area contributed by atoms with Gasteiger partial charge in [-0.15, -0.1) is 10.2 Å². The summed E-state index contributed by atoms with van der Waals surface area (Å²) in [6.45, 7) is 6.09. The summed E-state index contributed by atoms with van der Waals surface area (Å²) >= 11 is 6.09. The number of ether oxygens (including phenoxy) is 1. The molecule has 55 heavy (non-hydrogen) atoms. The highest BCUT2D eigenvalue weighted by molar-refractivity contribution is 6.31. The van der Waals surface area contributed by atoms with Gasteiger partial charge in [0.2, 0.25) is 17.7 Å². The van der Waals surface area contributed by atoms with Crippen LogP contribution in [0.4, 0.5) is 17.3 Å². The van der Waals surface area contributed by atoms with Gasteiger partial charge < -0.3 is 19.9 Å². The van der Waals surface area contributed by atoms with Gasteiger partial charge in [-0.2, -0.15) is 5.26 Å². The van der Waals surface area contributed by atoms with E-state index in [1.54, 1.807) is 36.4 Å². The zero-order valence-electron chi connectivity index (χ0n) is 30.1. The molecular weight excluding hydrogens is 726 g/mol. The lowest BCUT2D eigenvalue weighted by Gasteiger charge is -2.39. The number of carbonyl (C=O) groups excluding carboxylic acids is 5. The summed E-state index contributed by atoms with van der Waals surface area (Å²) in [7, 11) is 0. The third-order valence-electron chi connectivity index (χ3n) is 11.3. The first-order valence-electron chi connectivity index (χ1n) is 18.7. The highest BCUT2D eigenvalue weighted by atomic mass is 35.5. The zero-order chi connectivity index (χ0) is 38.2. The fourth-order valence-corrected chi connectivity index (χ4v) is 8.28. The molecule has 5 heterocycles. The SMILES string of the molecule is N#Cc1ccc(OC2CC(C(=O)Nc3ccc(N4CCC(CN5CCN(c6ccc7c(c6)C(=O)N(C6CCC(=O)NC6=O)C7=O)CC5)CC4)nn3)C2)cc1Cl. The van der Waals surface area contributed by atoms with E-state index < -0.39 is 29.7 Å². The molecule has 16 heteroatoms. The number of piperazine rings is 1. The van der Waals surface area contributed by atoms with Crippen molar-refractivity contribution in [2.24, 2.45) is 11.8 Å². The Morgan fingerprint density at radius 1 is 0.891 bits per heavy atom. The predicted molar refractivity (Wildman–Crippen MR) is 201 cm³/mol. The number of rotatable bonds is 9. The summed E-state index contributed by atoms with van der Waals surface area (Å²) < 4.78 is 5.91. The Balaban J connectivity index is 0.755. The number of hydrogen-bond acceptors (Lipinski definition) is 12. The highest BCUT2D eigenvalue weighted by Gasteiger charge is 2.45. The topological polar surface area (TPSA) is 181 Å². The molecule has 2 N–H and O–H groups in total. The Hall–Kier alpha value is -5.59. The first kappa shape index (κ1) is 36.4. The van der Waals surface area contributed by atoms with Crippen molar-refractivity contribution in [3.05, 3.63) is 70.2 Å². The molecule has 3 aromatic rings. The predicted octanol–water partition coefficient (Wildman–Crippen LogP) is 3.24. The summed E-state index contributed by atoms with van der Waals surface area (Å²) in [6.07, 6.45) is 3.34. The van der Waals surface area contributed by atoms with E-state index in [1.807, 2.05) is 18.2 Å². The summed E-state index contributed by atoms with van der Waals surface area (Å²) in [5, 5.41) is 23.2. The van der Waals surface area contributed by atoms with E-state index in [4.69, 9.17) is 21.6 Å². The van der Waals surface area contributed by atoms with Gasteiger partial charge in [0.15, 0.2) is 11.6 Å². The molecule has 0 bridgehead atoms. The molecule has 1 aliphatic carbocycles. The first-order chi connectivity index (χ1) is 26.6. The summed E-state index contributed by atoms with van der Waals surface area (Å²) in [6, 6.07) is 15.0. The largest absolute Gasteiger partial charge is 0.490 e. The van der Waals surface area contributed by atoms with Crippen LogP contribution in [0, 0.1) is 23.2 Å². The van der Waals surface area contributed by atoms with Crippen LogP contribution >= 0.6 is 11.6 Å². The van der Waals surface area contributed by atoms with Crippen molar-refractivity contribution < 1.29 is 28.7 Å². The molecular formula is C39H40ClN9O6. The van der Waals surface area contributed by atoms with Gasteiger partial charge in [-0.05, 0) is 80.5 Å². The molecule has 1 saturated carbocycles. The highest BCUT2D eigenvalue weighted by Crippen LogP contribution is 2.34. The van der Waals surface area contributed by atoms with E-state index in [0.717, 1.165) is 75.1 Å². The van der Waals surface area contributed by atoms with E-state index in [2.05, 4.69) is 35.5 Å². The smallest absolute Gasteiger partial charge is 0.262 e. The van der Waals surface area contributed by atoms with Gasteiger partial charge in [-0.3, -0.25) is 39.1 Å². The minimum Gasteiger partial charge on any atom is -0.490 e. The molecule has 0 spiro atoms. The molecule has 284 valence electrons. The second-order valence-corrected chi connectivity index (χ2v) is 15.2. The van der Waals surface area contributed by atoms with Crippen LogP contribution in [0.3, 0.4) is 0 Å². The molecule has 4 aliphatic heterocycles. The number of imide groups is 2. The number of anilines is 3. The lowest BCUT2D eigenvalue weighted by atomic mass is 9.81. The van der Waals surface area contributed by atoms with Crippen molar-refractivity contribution in [3.8, 4) is 11.8 Å². The third-order valence-corrected chi connectivity index (χ3v) is 11.7. The molecule has 8 rings (SSSR count). The molecule has 1 unspecified atom stereocenters. The van der Waals surface area contributed by atoms with Crippen LogP contribution in [-0.2, 0) is 14.4 Å². The summed E-state index contributed by atoms with van der Waals surface area (Å²) in [5.41, 5.74) is 1.85. The van der Waals surface area contributed by atoms with Gasteiger partial charge >= 0.3 is 0 Å². The van der Waals surface area contributed by atoms with Gasteiger partial charge in [0.05, 0.1) is 21.7 Å². The fourth-order valence-electron chi connectivity index (χ4n) is 8.07. The molecule has 5 aliphatic rings. The number of fused-ring (bicyclic) bond motifs is 1. The van der Waals surface area contributed by atoms with E-state index in [1.165, 1.54) is 0 Å². The third kappa shape index (κ3) is 7.56. The average molecular weight is 766 g/mol. The van der Waals surface area contributed by atoms with Crippen LogP contribution in [0.1, 0.15) is 64.8 Å². The Morgan fingerprint density at radius 3 is 2.35 bits per heavy atom. The van der Waals surface area contributed by atoms with E-state index >= 15 is 0 Å². The number of nitrogens with one attached hydrogen (secondary N) is 2. The van der Waals surface area contributed by atoms with Gasteiger partial charge in [0, 0.05) is 69.9 Å². The quantitative estimate of drug-likeness (QED) is 0.304.